The number of guanidine groups is 1. The third-order valence-electron chi connectivity index (χ3n) is 2.74. The number of rotatable bonds is 7. The molecule has 1 aromatic rings. The number of aliphatic imine (C=N–C) groups is 1. The summed E-state index contributed by atoms with van der Waals surface area (Å²) in [4.78, 5) is 8.58. The van der Waals surface area contributed by atoms with E-state index in [0.717, 1.165) is 38.4 Å². The second kappa shape index (κ2) is 8.55. The molecule has 0 aliphatic carbocycles. The quantitative estimate of drug-likeness (QED) is 0.440. The second-order valence-electron chi connectivity index (χ2n) is 4.37. The lowest BCUT2D eigenvalue weighted by Gasteiger charge is -2.16. The van der Waals surface area contributed by atoms with Crippen molar-refractivity contribution in [1.82, 2.24) is 20.2 Å². The van der Waals surface area contributed by atoms with Gasteiger partial charge in [0.15, 0.2) is 5.96 Å². The zero-order valence-electron chi connectivity index (χ0n) is 11.7. The predicted molar refractivity (Wildman–Crippen MR) is 75.7 cm³/mol. The molecule has 0 amide bonds. The molecule has 5 heteroatoms. The van der Waals surface area contributed by atoms with E-state index in [0.29, 0.717) is 6.04 Å². The van der Waals surface area contributed by atoms with Gasteiger partial charge in [-0.05, 0) is 26.7 Å². The van der Waals surface area contributed by atoms with E-state index in [9.17, 15) is 0 Å². The van der Waals surface area contributed by atoms with Gasteiger partial charge in [0.1, 0.15) is 0 Å². The SMILES string of the molecule is CCNC(=NCCCn1ccnc1)NC(C)CC. The molecular formula is C13H25N5. The zero-order chi connectivity index (χ0) is 13.2. The molecule has 1 aromatic heterocycles. The fourth-order valence-electron chi connectivity index (χ4n) is 1.52. The van der Waals surface area contributed by atoms with Crippen LogP contribution in [0.25, 0.3) is 0 Å². The summed E-state index contributed by atoms with van der Waals surface area (Å²) >= 11 is 0. The van der Waals surface area contributed by atoms with Crippen molar-refractivity contribution in [2.75, 3.05) is 13.1 Å². The minimum absolute atomic E-state index is 0.455. The number of hydrogen-bond acceptors (Lipinski definition) is 2. The first-order valence-electron chi connectivity index (χ1n) is 6.76. The van der Waals surface area contributed by atoms with Crippen molar-refractivity contribution in [2.24, 2.45) is 4.99 Å². The van der Waals surface area contributed by atoms with Gasteiger partial charge in [-0.1, -0.05) is 6.92 Å². The average Bonchev–Trinajstić information content (AvgIpc) is 2.87. The van der Waals surface area contributed by atoms with Gasteiger partial charge in [0.25, 0.3) is 0 Å². The molecule has 18 heavy (non-hydrogen) atoms. The Labute approximate surface area is 110 Å². The van der Waals surface area contributed by atoms with Crippen molar-refractivity contribution in [3.05, 3.63) is 18.7 Å². The normalized spacial score (nSPS) is 13.4. The van der Waals surface area contributed by atoms with Gasteiger partial charge in [0.05, 0.1) is 6.33 Å². The van der Waals surface area contributed by atoms with Crippen LogP contribution in [0.3, 0.4) is 0 Å². The number of aromatic nitrogens is 2. The van der Waals surface area contributed by atoms with E-state index in [-0.39, 0.29) is 0 Å². The summed E-state index contributed by atoms with van der Waals surface area (Å²) in [6.07, 6.45) is 7.74. The van der Waals surface area contributed by atoms with Crippen molar-refractivity contribution in [2.45, 2.75) is 46.2 Å². The van der Waals surface area contributed by atoms with Crippen LogP contribution in [0.4, 0.5) is 0 Å². The third-order valence-corrected chi connectivity index (χ3v) is 2.74. The first kappa shape index (κ1) is 14.5. The van der Waals surface area contributed by atoms with Crippen molar-refractivity contribution in [3.63, 3.8) is 0 Å². The Hall–Kier alpha value is -1.52. The fraction of sp³-hybridized carbons (Fsp3) is 0.692. The highest BCUT2D eigenvalue weighted by atomic mass is 15.2. The van der Waals surface area contributed by atoms with Gasteiger partial charge in [0.2, 0.25) is 0 Å². The molecule has 0 radical (unpaired) electrons. The molecule has 0 bridgehead atoms. The van der Waals surface area contributed by atoms with Crippen LogP contribution in [0.2, 0.25) is 0 Å². The highest BCUT2D eigenvalue weighted by Gasteiger charge is 2.01. The first-order valence-corrected chi connectivity index (χ1v) is 6.76. The van der Waals surface area contributed by atoms with Crippen molar-refractivity contribution >= 4 is 5.96 Å². The molecule has 0 spiro atoms. The highest BCUT2D eigenvalue weighted by molar-refractivity contribution is 5.79. The largest absolute Gasteiger partial charge is 0.357 e. The first-order chi connectivity index (χ1) is 8.76. The van der Waals surface area contributed by atoms with E-state index < -0.39 is 0 Å². The molecule has 5 nitrogen and oxygen atoms in total. The summed E-state index contributed by atoms with van der Waals surface area (Å²) < 4.78 is 2.07. The molecule has 1 rings (SSSR count). The Bertz CT molecular complexity index is 331. The van der Waals surface area contributed by atoms with Crippen molar-refractivity contribution in [3.8, 4) is 0 Å². The van der Waals surface area contributed by atoms with Gasteiger partial charge in [0, 0.05) is 38.1 Å². The van der Waals surface area contributed by atoms with Gasteiger partial charge in [-0.2, -0.15) is 0 Å². The molecular weight excluding hydrogens is 226 g/mol. The summed E-state index contributed by atoms with van der Waals surface area (Å²) in [5, 5.41) is 6.64. The van der Waals surface area contributed by atoms with Crippen LogP contribution in [0.15, 0.2) is 23.7 Å². The van der Waals surface area contributed by atoms with E-state index in [1.165, 1.54) is 0 Å². The Morgan fingerprint density at radius 2 is 2.28 bits per heavy atom. The lowest BCUT2D eigenvalue weighted by Crippen LogP contribution is -2.42. The molecule has 0 aromatic carbocycles. The standard InChI is InChI=1S/C13H25N5/c1-4-12(3)17-13(15-5-2)16-7-6-9-18-10-8-14-11-18/h8,10-12H,4-7,9H2,1-3H3,(H2,15,16,17). The summed E-state index contributed by atoms with van der Waals surface area (Å²) in [5.74, 6) is 0.914. The molecule has 0 fully saturated rings. The van der Waals surface area contributed by atoms with Crippen LogP contribution in [0, 0.1) is 0 Å². The minimum Gasteiger partial charge on any atom is -0.357 e. The van der Waals surface area contributed by atoms with Gasteiger partial charge >= 0.3 is 0 Å². The molecule has 0 aliphatic rings. The fourth-order valence-corrected chi connectivity index (χ4v) is 1.52. The van der Waals surface area contributed by atoms with E-state index in [1.807, 2.05) is 12.5 Å². The van der Waals surface area contributed by atoms with Gasteiger partial charge in [-0.25, -0.2) is 4.98 Å². The van der Waals surface area contributed by atoms with Crippen LogP contribution in [0.1, 0.15) is 33.6 Å². The third kappa shape index (κ3) is 5.70. The van der Waals surface area contributed by atoms with Crippen LogP contribution < -0.4 is 10.6 Å². The van der Waals surface area contributed by atoms with Crippen LogP contribution >= 0.6 is 0 Å². The van der Waals surface area contributed by atoms with E-state index in [2.05, 4.69) is 45.9 Å². The van der Waals surface area contributed by atoms with E-state index in [4.69, 9.17) is 0 Å². The van der Waals surface area contributed by atoms with Crippen LogP contribution in [-0.2, 0) is 6.54 Å². The Balaban J connectivity index is 2.30. The van der Waals surface area contributed by atoms with Gasteiger partial charge in [-0.3, -0.25) is 4.99 Å². The number of imidazole rings is 1. The van der Waals surface area contributed by atoms with Gasteiger partial charge < -0.3 is 15.2 Å². The second-order valence-corrected chi connectivity index (χ2v) is 4.37. The Morgan fingerprint density at radius 1 is 1.44 bits per heavy atom. The molecule has 1 atom stereocenters. The maximum absolute atomic E-state index is 4.56. The number of hydrogen-bond donors (Lipinski definition) is 2. The molecule has 102 valence electrons. The molecule has 0 saturated carbocycles. The smallest absolute Gasteiger partial charge is 0.191 e. The summed E-state index contributed by atoms with van der Waals surface area (Å²) in [7, 11) is 0. The summed E-state index contributed by atoms with van der Waals surface area (Å²) in [5.41, 5.74) is 0. The Morgan fingerprint density at radius 3 is 2.89 bits per heavy atom. The lowest BCUT2D eigenvalue weighted by atomic mass is 10.3. The predicted octanol–water partition coefficient (Wildman–Crippen LogP) is 1.63. The maximum Gasteiger partial charge on any atom is 0.191 e. The van der Waals surface area contributed by atoms with Crippen molar-refractivity contribution < 1.29 is 0 Å². The number of nitrogens with one attached hydrogen (secondary N) is 2. The molecule has 0 saturated heterocycles. The molecule has 0 aliphatic heterocycles. The Kier molecular flexibility index (Phi) is 6.91. The number of aryl methyl sites for hydroxylation is 1. The molecule has 2 N–H and O–H groups in total. The maximum atomic E-state index is 4.56. The highest BCUT2D eigenvalue weighted by Crippen LogP contribution is 1.92. The molecule has 1 unspecified atom stereocenters. The lowest BCUT2D eigenvalue weighted by molar-refractivity contribution is 0.616. The zero-order valence-corrected chi connectivity index (χ0v) is 11.7. The summed E-state index contributed by atoms with van der Waals surface area (Å²) in [6.45, 7) is 9.10. The van der Waals surface area contributed by atoms with Gasteiger partial charge in [-0.15, -0.1) is 0 Å². The summed E-state index contributed by atoms with van der Waals surface area (Å²) in [6, 6.07) is 0.455. The minimum atomic E-state index is 0.455. The van der Waals surface area contributed by atoms with Crippen LogP contribution in [0.5, 0.6) is 0 Å². The number of nitrogens with zero attached hydrogens (tertiary/aromatic N) is 3. The van der Waals surface area contributed by atoms with E-state index >= 15 is 0 Å². The van der Waals surface area contributed by atoms with Crippen molar-refractivity contribution in [1.29, 1.82) is 0 Å². The van der Waals surface area contributed by atoms with Crippen LogP contribution in [-0.4, -0.2) is 34.6 Å². The average molecular weight is 251 g/mol. The topological polar surface area (TPSA) is 54.2 Å². The molecule has 1 heterocycles. The van der Waals surface area contributed by atoms with E-state index in [1.54, 1.807) is 6.20 Å². The monoisotopic (exact) mass is 251 g/mol.